The first-order chi connectivity index (χ1) is 16.3. The number of nitrogens with one attached hydrogen (secondary N) is 2. The highest BCUT2D eigenvalue weighted by Crippen LogP contribution is 2.56. The van der Waals surface area contributed by atoms with Crippen LogP contribution in [0.15, 0.2) is 66.7 Å². The maximum Gasteiger partial charge on any atom is 0.284 e. The highest BCUT2D eigenvalue weighted by atomic mass is 16.6. The van der Waals surface area contributed by atoms with Gasteiger partial charge in [-0.1, -0.05) is 24.3 Å². The highest BCUT2D eigenvalue weighted by molar-refractivity contribution is 6.07. The minimum atomic E-state index is -1.41. The van der Waals surface area contributed by atoms with Gasteiger partial charge >= 0.3 is 0 Å². The van der Waals surface area contributed by atoms with E-state index in [1.54, 1.807) is 0 Å². The van der Waals surface area contributed by atoms with Crippen LogP contribution in [0.3, 0.4) is 0 Å². The van der Waals surface area contributed by atoms with E-state index in [0.29, 0.717) is 22.5 Å². The van der Waals surface area contributed by atoms with Gasteiger partial charge in [-0.15, -0.1) is 0 Å². The lowest BCUT2D eigenvalue weighted by molar-refractivity contribution is -0.393. The third-order valence-corrected chi connectivity index (χ3v) is 6.35. The second kappa shape index (κ2) is 6.48. The number of hydrogen-bond donors (Lipinski definition) is 2. The molecule has 1 heterocycles. The van der Waals surface area contributed by atoms with Crippen molar-refractivity contribution in [2.75, 3.05) is 10.6 Å². The Kier molecular flexibility index (Phi) is 3.74. The van der Waals surface area contributed by atoms with Crippen LogP contribution in [0.5, 0.6) is 0 Å². The van der Waals surface area contributed by atoms with Crippen LogP contribution >= 0.6 is 0 Å². The summed E-state index contributed by atoms with van der Waals surface area (Å²) in [6, 6.07) is 17.5. The topological polar surface area (TPSA) is 153 Å². The molecule has 2 N–H and O–H groups in total. The summed E-state index contributed by atoms with van der Waals surface area (Å²) in [7, 11) is 0. The minimum Gasteiger partial charge on any atom is -0.355 e. The van der Waals surface area contributed by atoms with Crippen molar-refractivity contribution < 1.29 is 14.8 Å². The Morgan fingerprint density at radius 2 is 1.29 bits per heavy atom. The minimum absolute atomic E-state index is 0.173. The van der Waals surface area contributed by atoms with Gasteiger partial charge < -0.3 is 10.6 Å². The Bertz CT molecular complexity index is 1570. The molecule has 6 rings (SSSR count). The van der Waals surface area contributed by atoms with E-state index in [4.69, 9.17) is 0 Å². The number of fused-ring (bicyclic) bond motifs is 5. The summed E-state index contributed by atoms with van der Waals surface area (Å²) in [6.45, 7) is 0. The molecule has 1 aliphatic carbocycles. The van der Waals surface area contributed by atoms with Gasteiger partial charge in [-0.3, -0.25) is 30.3 Å². The van der Waals surface area contributed by atoms with Crippen LogP contribution in [0.2, 0.25) is 0 Å². The van der Waals surface area contributed by atoms with Gasteiger partial charge in [-0.05, 0) is 29.1 Å². The molecule has 1 aliphatic heterocycles. The fourth-order valence-electron chi connectivity index (χ4n) is 5.01. The standard InChI is InChI=1S/C23H13N5O6/c29-26(30)13-7-8-15-16(9-13)23(17-10-14(27(31)32)11-20(22(15)17)28(33)34)24-18-5-1-3-12-4-2-6-19(25-23)21(12)18/h1-11,24-25H. The molecule has 0 bridgehead atoms. The van der Waals surface area contributed by atoms with Gasteiger partial charge in [0.05, 0.1) is 26.4 Å². The fourth-order valence-corrected chi connectivity index (χ4v) is 5.01. The Labute approximate surface area is 190 Å². The third kappa shape index (κ3) is 2.45. The predicted octanol–water partition coefficient (Wildman–Crippen LogP) is 5.28. The number of nitro benzene ring substituents is 3. The SMILES string of the molecule is O=[N+]([O-])c1ccc2c(c1)C1(Nc3cccc4cccc(c34)N1)c1cc([N+](=O)[O-])cc([N+](=O)[O-])c1-2. The third-order valence-electron chi connectivity index (χ3n) is 6.35. The molecule has 0 saturated heterocycles. The molecule has 34 heavy (non-hydrogen) atoms. The van der Waals surface area contributed by atoms with Crippen LogP contribution in [-0.2, 0) is 5.66 Å². The van der Waals surface area contributed by atoms with Crippen molar-refractivity contribution in [2.45, 2.75) is 5.66 Å². The summed E-state index contributed by atoms with van der Waals surface area (Å²) < 4.78 is 0. The Morgan fingerprint density at radius 1 is 0.676 bits per heavy atom. The number of non-ortho nitro benzene ring substituents is 2. The molecule has 2 aliphatic rings. The van der Waals surface area contributed by atoms with Crippen LogP contribution < -0.4 is 10.6 Å². The number of hydrogen-bond acceptors (Lipinski definition) is 8. The molecule has 11 nitrogen and oxygen atoms in total. The first-order valence-electron chi connectivity index (χ1n) is 10.1. The van der Waals surface area contributed by atoms with Gasteiger partial charge in [0.15, 0.2) is 5.66 Å². The van der Waals surface area contributed by atoms with Crippen LogP contribution in [-0.4, -0.2) is 14.8 Å². The molecule has 0 fully saturated rings. The maximum atomic E-state index is 12.0. The summed E-state index contributed by atoms with van der Waals surface area (Å²) >= 11 is 0. The van der Waals surface area contributed by atoms with Gasteiger partial charge in [0.25, 0.3) is 17.1 Å². The zero-order chi connectivity index (χ0) is 23.8. The monoisotopic (exact) mass is 455 g/mol. The average molecular weight is 455 g/mol. The molecule has 0 unspecified atom stereocenters. The van der Waals surface area contributed by atoms with Gasteiger partial charge in [0.1, 0.15) is 0 Å². The van der Waals surface area contributed by atoms with Crippen LogP contribution in [0, 0.1) is 30.3 Å². The highest BCUT2D eigenvalue weighted by Gasteiger charge is 2.50. The fraction of sp³-hybridized carbons (Fsp3) is 0.0435. The van der Waals surface area contributed by atoms with E-state index in [9.17, 15) is 30.3 Å². The van der Waals surface area contributed by atoms with Crippen molar-refractivity contribution in [3.8, 4) is 11.1 Å². The molecular weight excluding hydrogens is 442 g/mol. The zero-order valence-corrected chi connectivity index (χ0v) is 17.1. The largest absolute Gasteiger partial charge is 0.355 e. The molecule has 11 heteroatoms. The Morgan fingerprint density at radius 3 is 1.88 bits per heavy atom. The van der Waals surface area contributed by atoms with Crippen molar-refractivity contribution in [3.63, 3.8) is 0 Å². The van der Waals surface area contributed by atoms with Crippen molar-refractivity contribution in [3.05, 3.63) is 108 Å². The Hall–Kier alpha value is -5.06. The molecule has 0 amide bonds. The lowest BCUT2D eigenvalue weighted by atomic mass is 9.91. The normalized spacial score (nSPS) is 14.1. The van der Waals surface area contributed by atoms with E-state index in [0.717, 1.165) is 16.8 Å². The Balaban J connectivity index is 1.73. The van der Waals surface area contributed by atoms with E-state index < -0.39 is 31.8 Å². The van der Waals surface area contributed by atoms with Crippen molar-refractivity contribution >= 4 is 39.2 Å². The lowest BCUT2D eigenvalue weighted by Gasteiger charge is -2.40. The molecule has 0 saturated carbocycles. The molecule has 166 valence electrons. The summed E-state index contributed by atoms with van der Waals surface area (Å²) in [5.74, 6) is 0. The number of anilines is 2. The first-order valence-corrected chi connectivity index (χ1v) is 10.1. The summed E-state index contributed by atoms with van der Waals surface area (Å²) in [5.41, 5.74) is 0.0323. The first kappa shape index (κ1) is 19.6. The van der Waals surface area contributed by atoms with E-state index in [1.807, 2.05) is 36.4 Å². The quantitative estimate of drug-likeness (QED) is 0.312. The lowest BCUT2D eigenvalue weighted by Crippen LogP contribution is -2.44. The molecular formula is C23H13N5O6. The summed E-state index contributed by atoms with van der Waals surface area (Å²) in [5, 5.41) is 43.8. The number of benzene rings is 4. The van der Waals surface area contributed by atoms with Crippen LogP contribution in [0.4, 0.5) is 28.4 Å². The van der Waals surface area contributed by atoms with E-state index in [1.165, 1.54) is 24.3 Å². The predicted molar refractivity (Wildman–Crippen MR) is 124 cm³/mol. The van der Waals surface area contributed by atoms with Crippen LogP contribution in [0.25, 0.3) is 21.9 Å². The molecule has 0 aromatic heterocycles. The van der Waals surface area contributed by atoms with Crippen LogP contribution in [0.1, 0.15) is 11.1 Å². The average Bonchev–Trinajstić information content (AvgIpc) is 3.07. The zero-order valence-electron chi connectivity index (χ0n) is 17.1. The second-order valence-electron chi connectivity index (χ2n) is 8.10. The van der Waals surface area contributed by atoms with E-state index in [-0.39, 0.29) is 16.8 Å². The summed E-state index contributed by atoms with van der Waals surface area (Å²) in [6.07, 6.45) is 0. The molecule has 0 atom stereocenters. The van der Waals surface area contributed by atoms with Crippen molar-refractivity contribution in [2.24, 2.45) is 0 Å². The maximum absolute atomic E-state index is 12.0. The van der Waals surface area contributed by atoms with Gasteiger partial charge in [-0.2, -0.15) is 0 Å². The van der Waals surface area contributed by atoms with Crippen molar-refractivity contribution in [1.29, 1.82) is 0 Å². The van der Waals surface area contributed by atoms with Gasteiger partial charge in [-0.25, -0.2) is 0 Å². The summed E-state index contributed by atoms with van der Waals surface area (Å²) in [4.78, 5) is 33.3. The number of nitro groups is 3. The van der Waals surface area contributed by atoms with Gasteiger partial charge in [0.2, 0.25) is 0 Å². The molecule has 0 radical (unpaired) electrons. The number of nitrogens with zero attached hydrogens (tertiary/aromatic N) is 3. The number of rotatable bonds is 3. The van der Waals surface area contributed by atoms with E-state index in [2.05, 4.69) is 10.6 Å². The van der Waals surface area contributed by atoms with Gasteiger partial charge in [0, 0.05) is 46.1 Å². The molecule has 4 aromatic carbocycles. The smallest absolute Gasteiger partial charge is 0.284 e. The molecule has 4 aromatic rings. The molecule has 1 spiro atoms. The van der Waals surface area contributed by atoms with Crippen molar-refractivity contribution in [1.82, 2.24) is 0 Å². The second-order valence-corrected chi connectivity index (χ2v) is 8.10. The van der Waals surface area contributed by atoms with E-state index >= 15 is 0 Å².